The van der Waals surface area contributed by atoms with E-state index < -0.39 is 0 Å². The molecule has 0 radical (unpaired) electrons. The van der Waals surface area contributed by atoms with Crippen molar-refractivity contribution in [3.05, 3.63) is 62.5 Å². The number of nitrogens with zero attached hydrogens (tertiary/aromatic N) is 2. The minimum atomic E-state index is -0.0701. The van der Waals surface area contributed by atoms with Crippen LogP contribution in [-0.2, 0) is 11.3 Å². The number of carbonyl (C=O) groups is 1. The molecule has 0 aliphatic carbocycles. The third-order valence-corrected chi connectivity index (χ3v) is 6.80. The summed E-state index contributed by atoms with van der Waals surface area (Å²) in [5, 5.41) is 3.82. The van der Waals surface area contributed by atoms with Crippen molar-refractivity contribution in [2.24, 2.45) is 5.92 Å². The van der Waals surface area contributed by atoms with Crippen LogP contribution in [0.25, 0.3) is 10.2 Å². The van der Waals surface area contributed by atoms with Crippen molar-refractivity contribution in [1.29, 1.82) is 0 Å². The Morgan fingerprint density at radius 1 is 1.10 bits per heavy atom. The topological polar surface area (TPSA) is 64.0 Å². The standard InChI is InChI=1S/C24H31N3O2S/c1-14(2)18-7-9-19(10-8-18)22(15(3)4)26-20(28)11-12-27-13-25-23-21(24(27)29)16(5)17(6)30-23/h7-10,13-15,22H,11-12H2,1-6H3,(H,26,28). The fourth-order valence-corrected chi connectivity index (χ4v) is 4.61. The Labute approximate surface area is 182 Å². The molecule has 3 aromatic rings. The van der Waals surface area contributed by atoms with E-state index in [1.54, 1.807) is 10.9 Å². The number of nitrogens with one attached hydrogen (secondary N) is 1. The highest BCUT2D eigenvalue weighted by molar-refractivity contribution is 7.18. The van der Waals surface area contributed by atoms with Crippen LogP contribution in [0.5, 0.6) is 0 Å². The molecule has 2 heterocycles. The summed E-state index contributed by atoms with van der Waals surface area (Å²) in [5.41, 5.74) is 3.30. The van der Waals surface area contributed by atoms with E-state index >= 15 is 0 Å². The molecule has 0 aliphatic heterocycles. The van der Waals surface area contributed by atoms with Gasteiger partial charge in [0, 0.05) is 17.8 Å². The molecule has 3 rings (SSSR count). The molecule has 1 unspecified atom stereocenters. The summed E-state index contributed by atoms with van der Waals surface area (Å²) in [5.74, 6) is 0.675. The smallest absolute Gasteiger partial charge is 0.262 e. The van der Waals surface area contributed by atoms with Crippen LogP contribution < -0.4 is 10.9 Å². The molecule has 0 saturated heterocycles. The number of hydrogen-bond acceptors (Lipinski definition) is 4. The average Bonchev–Trinajstić information content (AvgIpc) is 3.00. The van der Waals surface area contributed by atoms with Crippen LogP contribution in [0, 0.1) is 19.8 Å². The molecule has 0 fully saturated rings. The Morgan fingerprint density at radius 3 is 2.33 bits per heavy atom. The number of aromatic nitrogens is 2. The molecule has 0 bridgehead atoms. The van der Waals surface area contributed by atoms with Gasteiger partial charge in [0.2, 0.25) is 5.91 Å². The molecule has 5 nitrogen and oxygen atoms in total. The van der Waals surface area contributed by atoms with E-state index in [0.717, 1.165) is 20.8 Å². The number of carbonyl (C=O) groups excluding carboxylic acids is 1. The van der Waals surface area contributed by atoms with E-state index in [1.165, 1.54) is 16.9 Å². The first-order valence-electron chi connectivity index (χ1n) is 10.5. The second-order valence-electron chi connectivity index (χ2n) is 8.57. The maximum absolute atomic E-state index is 12.8. The zero-order valence-corrected chi connectivity index (χ0v) is 19.5. The first-order chi connectivity index (χ1) is 14.2. The quantitative estimate of drug-likeness (QED) is 0.573. The maximum atomic E-state index is 12.8. The van der Waals surface area contributed by atoms with Crippen LogP contribution in [-0.4, -0.2) is 15.5 Å². The Balaban J connectivity index is 1.71. The fraction of sp³-hybridized carbons (Fsp3) is 0.458. The van der Waals surface area contributed by atoms with Gasteiger partial charge in [0.05, 0.1) is 17.8 Å². The zero-order valence-electron chi connectivity index (χ0n) is 18.7. The minimum absolute atomic E-state index is 0.0576. The predicted octanol–water partition coefficient (Wildman–Crippen LogP) is 5.10. The van der Waals surface area contributed by atoms with Crippen LogP contribution in [0.15, 0.2) is 35.4 Å². The van der Waals surface area contributed by atoms with Crippen molar-refractivity contribution >= 4 is 27.5 Å². The lowest BCUT2D eigenvalue weighted by atomic mass is 9.93. The van der Waals surface area contributed by atoms with E-state index in [0.29, 0.717) is 17.8 Å². The van der Waals surface area contributed by atoms with Gasteiger partial charge in [0.25, 0.3) is 5.56 Å². The van der Waals surface area contributed by atoms with E-state index in [9.17, 15) is 9.59 Å². The van der Waals surface area contributed by atoms with E-state index in [1.807, 2.05) is 13.8 Å². The van der Waals surface area contributed by atoms with Gasteiger partial charge >= 0.3 is 0 Å². The second-order valence-corrected chi connectivity index (χ2v) is 9.77. The average molecular weight is 426 g/mol. The van der Waals surface area contributed by atoms with Gasteiger partial charge in [-0.3, -0.25) is 14.2 Å². The molecular weight excluding hydrogens is 394 g/mol. The largest absolute Gasteiger partial charge is 0.349 e. The van der Waals surface area contributed by atoms with E-state index in [2.05, 4.69) is 62.3 Å². The van der Waals surface area contributed by atoms with Crippen molar-refractivity contribution in [1.82, 2.24) is 14.9 Å². The zero-order chi connectivity index (χ0) is 22.0. The molecular formula is C24H31N3O2S. The van der Waals surface area contributed by atoms with Gasteiger partial charge in [-0.1, -0.05) is 52.0 Å². The number of thiophene rings is 1. The van der Waals surface area contributed by atoms with E-state index in [-0.39, 0.29) is 29.8 Å². The Hall–Kier alpha value is -2.47. The highest BCUT2D eigenvalue weighted by Gasteiger charge is 2.19. The molecule has 1 aromatic carbocycles. The number of hydrogen-bond donors (Lipinski definition) is 1. The lowest BCUT2D eigenvalue weighted by Gasteiger charge is -2.23. The highest BCUT2D eigenvalue weighted by atomic mass is 32.1. The maximum Gasteiger partial charge on any atom is 0.262 e. The monoisotopic (exact) mass is 425 g/mol. The number of rotatable bonds is 7. The summed E-state index contributed by atoms with van der Waals surface area (Å²) in [6.07, 6.45) is 1.79. The summed E-state index contributed by atoms with van der Waals surface area (Å²) in [6.45, 7) is 12.8. The van der Waals surface area contributed by atoms with Crippen LogP contribution in [0.2, 0.25) is 0 Å². The molecule has 0 spiro atoms. The van der Waals surface area contributed by atoms with Gasteiger partial charge in [-0.05, 0) is 42.4 Å². The van der Waals surface area contributed by atoms with Crippen molar-refractivity contribution < 1.29 is 4.79 Å². The van der Waals surface area contributed by atoms with Crippen molar-refractivity contribution in [2.45, 2.75) is 66.5 Å². The molecule has 160 valence electrons. The van der Waals surface area contributed by atoms with Crippen LogP contribution in [0.1, 0.15) is 67.6 Å². The first kappa shape index (κ1) is 22.2. The summed E-state index contributed by atoms with van der Waals surface area (Å²) < 4.78 is 1.54. The SMILES string of the molecule is Cc1sc2ncn(CCC(=O)NC(c3ccc(C(C)C)cc3)C(C)C)c(=O)c2c1C. The first-order valence-corrected chi connectivity index (χ1v) is 11.3. The van der Waals surface area contributed by atoms with Crippen molar-refractivity contribution in [3.63, 3.8) is 0 Å². The predicted molar refractivity (Wildman–Crippen MR) is 124 cm³/mol. The Morgan fingerprint density at radius 2 is 1.73 bits per heavy atom. The highest BCUT2D eigenvalue weighted by Crippen LogP contribution is 2.26. The molecule has 0 aliphatic rings. The lowest BCUT2D eigenvalue weighted by Crippen LogP contribution is -2.33. The molecule has 2 aromatic heterocycles. The van der Waals surface area contributed by atoms with Crippen LogP contribution in [0.3, 0.4) is 0 Å². The summed E-state index contributed by atoms with van der Waals surface area (Å²) in [7, 11) is 0. The van der Waals surface area contributed by atoms with Gasteiger partial charge in [0.15, 0.2) is 0 Å². The Bertz CT molecular complexity index is 1090. The number of aryl methyl sites for hydroxylation is 3. The molecule has 1 N–H and O–H groups in total. The molecule has 1 atom stereocenters. The third kappa shape index (κ3) is 4.64. The molecule has 6 heteroatoms. The van der Waals surface area contributed by atoms with Gasteiger partial charge in [-0.2, -0.15) is 0 Å². The van der Waals surface area contributed by atoms with Crippen molar-refractivity contribution in [2.75, 3.05) is 0 Å². The van der Waals surface area contributed by atoms with E-state index in [4.69, 9.17) is 0 Å². The van der Waals surface area contributed by atoms with Crippen LogP contribution in [0.4, 0.5) is 0 Å². The summed E-state index contributed by atoms with van der Waals surface area (Å²) in [4.78, 5) is 31.8. The van der Waals surface area contributed by atoms with Crippen molar-refractivity contribution in [3.8, 4) is 0 Å². The van der Waals surface area contributed by atoms with Gasteiger partial charge in [0.1, 0.15) is 4.83 Å². The number of benzene rings is 1. The number of amides is 1. The minimum Gasteiger partial charge on any atom is -0.349 e. The lowest BCUT2D eigenvalue weighted by molar-refractivity contribution is -0.122. The summed E-state index contributed by atoms with van der Waals surface area (Å²) in [6, 6.07) is 8.41. The Kier molecular flexibility index (Phi) is 6.76. The normalized spacial score (nSPS) is 12.7. The second kappa shape index (κ2) is 9.13. The van der Waals surface area contributed by atoms with Gasteiger partial charge in [-0.25, -0.2) is 4.98 Å². The van der Waals surface area contributed by atoms with Gasteiger partial charge in [-0.15, -0.1) is 11.3 Å². The molecule has 30 heavy (non-hydrogen) atoms. The fourth-order valence-electron chi connectivity index (χ4n) is 3.62. The molecule has 1 amide bonds. The number of fused-ring (bicyclic) bond motifs is 1. The molecule has 0 saturated carbocycles. The third-order valence-electron chi connectivity index (χ3n) is 5.68. The van der Waals surface area contributed by atoms with Gasteiger partial charge < -0.3 is 5.32 Å². The summed E-state index contributed by atoms with van der Waals surface area (Å²) >= 11 is 1.53. The van der Waals surface area contributed by atoms with Crippen LogP contribution >= 0.6 is 11.3 Å².